The standard InChI is InChI=1S/C12H12ClNO/c1-8-11(6-7-14-12(8)15)9-2-4-10(13)5-3-9/h2-5,11H,1,6-7H2,(H,14,15). The maximum atomic E-state index is 11.4. The summed E-state index contributed by atoms with van der Waals surface area (Å²) in [5.74, 6) is 0.0946. The maximum Gasteiger partial charge on any atom is 0.247 e. The predicted octanol–water partition coefficient (Wildman–Crippen LogP) is 2.50. The highest BCUT2D eigenvalue weighted by Crippen LogP contribution is 2.29. The smallest absolute Gasteiger partial charge is 0.247 e. The third kappa shape index (κ3) is 2.05. The van der Waals surface area contributed by atoms with Crippen molar-refractivity contribution in [2.24, 2.45) is 0 Å². The number of rotatable bonds is 1. The highest BCUT2D eigenvalue weighted by atomic mass is 35.5. The van der Waals surface area contributed by atoms with Crippen LogP contribution in [0.5, 0.6) is 0 Å². The second-order valence-electron chi connectivity index (χ2n) is 3.67. The number of hydrogen-bond acceptors (Lipinski definition) is 1. The van der Waals surface area contributed by atoms with Gasteiger partial charge < -0.3 is 5.32 Å². The lowest BCUT2D eigenvalue weighted by Crippen LogP contribution is -2.34. The molecule has 1 saturated heterocycles. The summed E-state index contributed by atoms with van der Waals surface area (Å²) in [6.07, 6.45) is 0.909. The van der Waals surface area contributed by atoms with Gasteiger partial charge in [0.2, 0.25) is 5.91 Å². The molecule has 1 N–H and O–H groups in total. The Kier molecular flexibility index (Phi) is 2.78. The number of carbonyl (C=O) groups excluding carboxylic acids is 1. The number of carbonyl (C=O) groups is 1. The molecule has 0 saturated carbocycles. The van der Waals surface area contributed by atoms with Crippen LogP contribution in [-0.4, -0.2) is 12.5 Å². The van der Waals surface area contributed by atoms with Crippen molar-refractivity contribution in [2.45, 2.75) is 12.3 Å². The molecule has 2 nitrogen and oxygen atoms in total. The van der Waals surface area contributed by atoms with Crippen molar-refractivity contribution in [1.82, 2.24) is 5.32 Å². The van der Waals surface area contributed by atoms with E-state index in [0.717, 1.165) is 12.0 Å². The Morgan fingerprint density at radius 3 is 2.67 bits per heavy atom. The summed E-state index contributed by atoms with van der Waals surface area (Å²) < 4.78 is 0. The average Bonchev–Trinajstić information content (AvgIpc) is 2.24. The largest absolute Gasteiger partial charge is 0.352 e. The van der Waals surface area contributed by atoms with Crippen molar-refractivity contribution in [2.75, 3.05) is 6.54 Å². The van der Waals surface area contributed by atoms with Crippen LogP contribution in [0.4, 0.5) is 0 Å². The van der Waals surface area contributed by atoms with Crippen LogP contribution in [-0.2, 0) is 4.79 Å². The van der Waals surface area contributed by atoms with Gasteiger partial charge in [-0.3, -0.25) is 4.79 Å². The van der Waals surface area contributed by atoms with Crippen LogP contribution in [0.15, 0.2) is 36.4 Å². The fourth-order valence-corrected chi connectivity index (χ4v) is 1.96. The summed E-state index contributed by atoms with van der Waals surface area (Å²) in [6.45, 7) is 4.54. The Morgan fingerprint density at radius 2 is 2.00 bits per heavy atom. The zero-order valence-corrected chi connectivity index (χ0v) is 9.05. The topological polar surface area (TPSA) is 29.1 Å². The molecule has 0 aliphatic carbocycles. The molecule has 1 amide bonds. The number of halogens is 1. The molecule has 1 aromatic carbocycles. The van der Waals surface area contributed by atoms with Gasteiger partial charge in [0.1, 0.15) is 0 Å². The van der Waals surface area contributed by atoms with E-state index in [0.29, 0.717) is 17.1 Å². The highest BCUT2D eigenvalue weighted by Gasteiger charge is 2.24. The van der Waals surface area contributed by atoms with Gasteiger partial charge in [-0.05, 0) is 24.1 Å². The minimum Gasteiger partial charge on any atom is -0.352 e. The lowest BCUT2D eigenvalue weighted by molar-refractivity contribution is -0.118. The van der Waals surface area contributed by atoms with E-state index in [1.807, 2.05) is 24.3 Å². The molecule has 1 aliphatic rings. The third-order valence-corrected chi connectivity index (χ3v) is 2.96. The normalized spacial score (nSPS) is 21.3. The third-order valence-electron chi connectivity index (χ3n) is 2.70. The number of amides is 1. The molecule has 2 rings (SSSR count). The Morgan fingerprint density at radius 1 is 1.33 bits per heavy atom. The molecule has 1 aliphatic heterocycles. The lowest BCUT2D eigenvalue weighted by Gasteiger charge is -2.24. The maximum absolute atomic E-state index is 11.4. The summed E-state index contributed by atoms with van der Waals surface area (Å²) in [7, 11) is 0. The SMILES string of the molecule is C=C1C(=O)NCCC1c1ccc(Cl)cc1. The molecule has 3 heteroatoms. The van der Waals surface area contributed by atoms with E-state index >= 15 is 0 Å². The molecular formula is C12H12ClNO. The Labute approximate surface area is 93.9 Å². The lowest BCUT2D eigenvalue weighted by atomic mass is 9.86. The first-order valence-electron chi connectivity index (χ1n) is 4.91. The molecule has 1 fully saturated rings. The van der Waals surface area contributed by atoms with Crippen LogP contribution >= 0.6 is 11.6 Å². The molecule has 0 radical (unpaired) electrons. The van der Waals surface area contributed by atoms with Crippen molar-refractivity contribution < 1.29 is 4.79 Å². The quantitative estimate of drug-likeness (QED) is 0.726. The molecular weight excluding hydrogens is 210 g/mol. The Bertz CT molecular complexity index is 397. The molecule has 0 bridgehead atoms. The average molecular weight is 222 g/mol. The van der Waals surface area contributed by atoms with E-state index in [4.69, 9.17) is 11.6 Å². The molecule has 0 aromatic heterocycles. The van der Waals surface area contributed by atoms with Crippen molar-refractivity contribution >= 4 is 17.5 Å². The zero-order valence-electron chi connectivity index (χ0n) is 8.29. The Balaban J connectivity index is 2.26. The van der Waals surface area contributed by atoms with Gasteiger partial charge in [0.15, 0.2) is 0 Å². The first kappa shape index (κ1) is 10.2. The van der Waals surface area contributed by atoms with E-state index in [1.54, 1.807) is 0 Å². The van der Waals surface area contributed by atoms with Gasteiger partial charge >= 0.3 is 0 Å². The summed E-state index contributed by atoms with van der Waals surface area (Å²) in [5.41, 5.74) is 1.75. The molecule has 15 heavy (non-hydrogen) atoms. The molecule has 1 unspecified atom stereocenters. The van der Waals surface area contributed by atoms with Crippen LogP contribution in [0.3, 0.4) is 0 Å². The summed E-state index contributed by atoms with van der Waals surface area (Å²) in [6, 6.07) is 7.60. The monoisotopic (exact) mass is 221 g/mol. The second-order valence-corrected chi connectivity index (χ2v) is 4.11. The minimum atomic E-state index is -0.0406. The first-order valence-corrected chi connectivity index (χ1v) is 5.29. The predicted molar refractivity (Wildman–Crippen MR) is 61.0 cm³/mol. The summed E-state index contributed by atoms with van der Waals surface area (Å²) in [5, 5.41) is 3.49. The first-order chi connectivity index (χ1) is 7.18. The molecule has 78 valence electrons. The number of hydrogen-bond donors (Lipinski definition) is 1. The van der Waals surface area contributed by atoms with Crippen LogP contribution < -0.4 is 5.32 Å². The van der Waals surface area contributed by atoms with Gasteiger partial charge in [0, 0.05) is 23.1 Å². The zero-order chi connectivity index (χ0) is 10.8. The van der Waals surface area contributed by atoms with E-state index < -0.39 is 0 Å². The van der Waals surface area contributed by atoms with Gasteiger partial charge in [0.25, 0.3) is 0 Å². The van der Waals surface area contributed by atoms with Crippen LogP contribution in [0.2, 0.25) is 5.02 Å². The molecule has 1 heterocycles. The minimum absolute atomic E-state index is 0.0406. The fourth-order valence-electron chi connectivity index (χ4n) is 1.84. The van der Waals surface area contributed by atoms with Gasteiger partial charge in [-0.15, -0.1) is 0 Å². The van der Waals surface area contributed by atoms with Gasteiger partial charge in [-0.25, -0.2) is 0 Å². The number of nitrogens with one attached hydrogen (secondary N) is 1. The summed E-state index contributed by atoms with van der Waals surface area (Å²) >= 11 is 5.81. The van der Waals surface area contributed by atoms with Gasteiger partial charge in [0.05, 0.1) is 0 Å². The van der Waals surface area contributed by atoms with Crippen molar-refractivity contribution in [3.8, 4) is 0 Å². The molecule has 1 aromatic rings. The Hall–Kier alpha value is -1.28. The van der Waals surface area contributed by atoms with E-state index in [2.05, 4.69) is 11.9 Å². The van der Waals surface area contributed by atoms with E-state index in [-0.39, 0.29) is 11.8 Å². The van der Waals surface area contributed by atoms with Gasteiger partial charge in [-0.2, -0.15) is 0 Å². The second kappa shape index (κ2) is 4.07. The van der Waals surface area contributed by atoms with Crippen molar-refractivity contribution in [3.63, 3.8) is 0 Å². The van der Waals surface area contributed by atoms with Crippen LogP contribution in [0, 0.1) is 0 Å². The van der Waals surface area contributed by atoms with E-state index in [9.17, 15) is 4.79 Å². The fraction of sp³-hybridized carbons (Fsp3) is 0.250. The van der Waals surface area contributed by atoms with Crippen molar-refractivity contribution in [3.05, 3.63) is 47.0 Å². The molecule has 0 spiro atoms. The summed E-state index contributed by atoms with van der Waals surface area (Å²) in [4.78, 5) is 11.4. The van der Waals surface area contributed by atoms with Gasteiger partial charge in [-0.1, -0.05) is 30.3 Å². The van der Waals surface area contributed by atoms with Crippen molar-refractivity contribution in [1.29, 1.82) is 0 Å². The highest BCUT2D eigenvalue weighted by molar-refractivity contribution is 6.30. The number of piperidine rings is 1. The van der Waals surface area contributed by atoms with Crippen LogP contribution in [0.25, 0.3) is 0 Å². The van der Waals surface area contributed by atoms with Crippen LogP contribution in [0.1, 0.15) is 17.9 Å². The number of benzene rings is 1. The van der Waals surface area contributed by atoms with E-state index in [1.165, 1.54) is 0 Å². The molecule has 1 atom stereocenters.